The van der Waals surface area contributed by atoms with Gasteiger partial charge in [-0.05, 0) is 37.2 Å². The number of nitrogens with one attached hydrogen (secondary N) is 1. The average Bonchev–Trinajstić information content (AvgIpc) is 2.92. The average molecular weight is 189 g/mol. The van der Waals surface area contributed by atoms with Crippen molar-refractivity contribution in [2.75, 3.05) is 5.32 Å². The monoisotopic (exact) mass is 189 g/mol. The predicted molar refractivity (Wildman–Crippen MR) is 55.4 cm³/mol. The SMILES string of the molecule is CC1CCc2cnc(NC3CC3)nc21. The molecule has 0 saturated heterocycles. The van der Waals surface area contributed by atoms with Gasteiger partial charge in [-0.15, -0.1) is 0 Å². The van der Waals surface area contributed by atoms with Crippen LogP contribution in [-0.2, 0) is 6.42 Å². The molecule has 1 aromatic heterocycles. The fraction of sp³-hybridized carbons (Fsp3) is 0.636. The number of hydrogen-bond acceptors (Lipinski definition) is 3. The molecule has 1 N–H and O–H groups in total. The van der Waals surface area contributed by atoms with Gasteiger partial charge in [0.2, 0.25) is 5.95 Å². The number of hydrogen-bond donors (Lipinski definition) is 1. The first-order chi connectivity index (χ1) is 6.83. The van der Waals surface area contributed by atoms with Crippen molar-refractivity contribution in [1.29, 1.82) is 0 Å². The molecule has 0 aliphatic heterocycles. The van der Waals surface area contributed by atoms with Gasteiger partial charge in [-0.3, -0.25) is 0 Å². The van der Waals surface area contributed by atoms with Gasteiger partial charge in [-0.25, -0.2) is 9.97 Å². The number of anilines is 1. The first kappa shape index (κ1) is 8.21. The van der Waals surface area contributed by atoms with Crippen LogP contribution in [0.1, 0.15) is 43.4 Å². The maximum absolute atomic E-state index is 4.59. The second kappa shape index (κ2) is 2.94. The van der Waals surface area contributed by atoms with Crippen molar-refractivity contribution in [3.05, 3.63) is 17.5 Å². The van der Waals surface area contributed by atoms with E-state index in [0.29, 0.717) is 12.0 Å². The molecule has 2 aliphatic carbocycles. The molecule has 3 rings (SSSR count). The van der Waals surface area contributed by atoms with Crippen molar-refractivity contribution in [3.8, 4) is 0 Å². The van der Waals surface area contributed by atoms with Crippen LogP contribution in [0.2, 0.25) is 0 Å². The molecule has 1 fully saturated rings. The number of nitrogens with zero attached hydrogens (tertiary/aromatic N) is 2. The lowest BCUT2D eigenvalue weighted by Crippen LogP contribution is -2.07. The molecule has 1 heterocycles. The largest absolute Gasteiger partial charge is 0.351 e. The molecule has 0 aromatic carbocycles. The Balaban J connectivity index is 1.88. The normalized spacial score (nSPS) is 24.8. The molecular formula is C11H15N3. The first-order valence-corrected chi connectivity index (χ1v) is 5.45. The lowest BCUT2D eigenvalue weighted by molar-refractivity contribution is 0.730. The van der Waals surface area contributed by atoms with Crippen molar-refractivity contribution in [1.82, 2.24) is 9.97 Å². The summed E-state index contributed by atoms with van der Waals surface area (Å²) >= 11 is 0. The van der Waals surface area contributed by atoms with Crippen LogP contribution in [0, 0.1) is 0 Å². The molecule has 0 spiro atoms. The summed E-state index contributed by atoms with van der Waals surface area (Å²) in [7, 11) is 0. The molecule has 1 atom stereocenters. The Kier molecular flexibility index (Phi) is 1.72. The van der Waals surface area contributed by atoms with Crippen LogP contribution in [-0.4, -0.2) is 16.0 Å². The third-order valence-corrected chi connectivity index (χ3v) is 3.12. The second-order valence-corrected chi connectivity index (χ2v) is 4.46. The van der Waals surface area contributed by atoms with E-state index < -0.39 is 0 Å². The van der Waals surface area contributed by atoms with Crippen LogP contribution in [0.15, 0.2) is 6.20 Å². The molecule has 3 nitrogen and oxygen atoms in total. The van der Waals surface area contributed by atoms with E-state index in [1.165, 1.54) is 30.5 Å². The van der Waals surface area contributed by atoms with E-state index in [2.05, 4.69) is 22.2 Å². The van der Waals surface area contributed by atoms with Crippen molar-refractivity contribution < 1.29 is 0 Å². The Labute approximate surface area is 84.0 Å². The summed E-state index contributed by atoms with van der Waals surface area (Å²) in [6.07, 6.45) is 6.93. The molecule has 14 heavy (non-hydrogen) atoms. The number of rotatable bonds is 2. The molecule has 0 radical (unpaired) electrons. The highest BCUT2D eigenvalue weighted by Gasteiger charge is 2.24. The number of aromatic nitrogens is 2. The Hall–Kier alpha value is -1.12. The molecule has 74 valence electrons. The van der Waals surface area contributed by atoms with Crippen LogP contribution in [0.3, 0.4) is 0 Å². The maximum atomic E-state index is 4.59. The highest BCUT2D eigenvalue weighted by molar-refractivity contribution is 5.35. The van der Waals surface area contributed by atoms with Gasteiger partial charge in [-0.2, -0.15) is 0 Å². The summed E-state index contributed by atoms with van der Waals surface area (Å²) in [4.78, 5) is 8.93. The summed E-state index contributed by atoms with van der Waals surface area (Å²) in [5.74, 6) is 1.45. The minimum atomic E-state index is 0.618. The Morgan fingerprint density at radius 3 is 3.00 bits per heavy atom. The van der Waals surface area contributed by atoms with Gasteiger partial charge in [0.05, 0.1) is 5.69 Å². The van der Waals surface area contributed by atoms with E-state index in [4.69, 9.17) is 0 Å². The Morgan fingerprint density at radius 1 is 1.36 bits per heavy atom. The van der Waals surface area contributed by atoms with Gasteiger partial charge < -0.3 is 5.32 Å². The smallest absolute Gasteiger partial charge is 0.223 e. The molecule has 1 unspecified atom stereocenters. The molecule has 0 bridgehead atoms. The lowest BCUT2D eigenvalue weighted by atomic mass is 10.1. The van der Waals surface area contributed by atoms with E-state index in [-0.39, 0.29) is 0 Å². The summed E-state index contributed by atoms with van der Waals surface area (Å²) in [6.45, 7) is 2.25. The van der Waals surface area contributed by atoms with Gasteiger partial charge in [-0.1, -0.05) is 6.92 Å². The van der Waals surface area contributed by atoms with E-state index in [1.54, 1.807) is 0 Å². The van der Waals surface area contributed by atoms with Crippen LogP contribution in [0.25, 0.3) is 0 Å². The third-order valence-electron chi connectivity index (χ3n) is 3.12. The van der Waals surface area contributed by atoms with Gasteiger partial charge in [0.25, 0.3) is 0 Å². The molecule has 3 heteroatoms. The topological polar surface area (TPSA) is 37.8 Å². The van der Waals surface area contributed by atoms with Crippen LogP contribution < -0.4 is 5.32 Å². The predicted octanol–water partition coefficient (Wildman–Crippen LogP) is 2.10. The molecule has 0 amide bonds. The van der Waals surface area contributed by atoms with Gasteiger partial charge >= 0.3 is 0 Å². The van der Waals surface area contributed by atoms with Gasteiger partial charge in [0.15, 0.2) is 0 Å². The van der Waals surface area contributed by atoms with Crippen LogP contribution in [0.5, 0.6) is 0 Å². The van der Waals surface area contributed by atoms with Crippen molar-refractivity contribution >= 4 is 5.95 Å². The third kappa shape index (κ3) is 1.37. The van der Waals surface area contributed by atoms with Crippen molar-refractivity contribution in [2.45, 2.75) is 44.6 Å². The van der Waals surface area contributed by atoms with E-state index in [9.17, 15) is 0 Å². The zero-order chi connectivity index (χ0) is 9.54. The molecule has 1 aromatic rings. The zero-order valence-electron chi connectivity index (χ0n) is 8.45. The zero-order valence-corrected chi connectivity index (χ0v) is 8.45. The molecule has 2 aliphatic rings. The number of fused-ring (bicyclic) bond motifs is 1. The fourth-order valence-corrected chi connectivity index (χ4v) is 2.03. The lowest BCUT2D eigenvalue weighted by Gasteiger charge is -2.06. The minimum Gasteiger partial charge on any atom is -0.351 e. The molecular weight excluding hydrogens is 174 g/mol. The Morgan fingerprint density at radius 2 is 2.21 bits per heavy atom. The fourth-order valence-electron chi connectivity index (χ4n) is 2.03. The summed E-state index contributed by atoms with van der Waals surface area (Å²) in [5.41, 5.74) is 2.61. The standard InChI is InChI=1S/C11H15N3/c1-7-2-3-8-6-12-11(14-10(7)8)13-9-4-5-9/h6-7,9H,2-5H2,1H3,(H,12,13,14). The van der Waals surface area contributed by atoms with Crippen LogP contribution >= 0.6 is 0 Å². The maximum Gasteiger partial charge on any atom is 0.223 e. The van der Waals surface area contributed by atoms with Crippen molar-refractivity contribution in [2.24, 2.45) is 0 Å². The highest BCUT2D eigenvalue weighted by atomic mass is 15.1. The number of aryl methyl sites for hydroxylation is 1. The Bertz CT molecular complexity index is 358. The van der Waals surface area contributed by atoms with E-state index >= 15 is 0 Å². The van der Waals surface area contributed by atoms with Crippen LogP contribution in [0.4, 0.5) is 5.95 Å². The summed E-state index contributed by atoms with van der Waals surface area (Å²) in [6, 6.07) is 0.643. The summed E-state index contributed by atoms with van der Waals surface area (Å²) in [5, 5.41) is 3.34. The quantitative estimate of drug-likeness (QED) is 0.774. The highest BCUT2D eigenvalue weighted by Crippen LogP contribution is 2.31. The molecule has 1 saturated carbocycles. The van der Waals surface area contributed by atoms with E-state index in [1.807, 2.05) is 6.20 Å². The van der Waals surface area contributed by atoms with E-state index in [0.717, 1.165) is 12.4 Å². The first-order valence-electron chi connectivity index (χ1n) is 5.45. The van der Waals surface area contributed by atoms with Gasteiger partial charge in [0.1, 0.15) is 0 Å². The van der Waals surface area contributed by atoms with Crippen molar-refractivity contribution in [3.63, 3.8) is 0 Å². The summed E-state index contributed by atoms with van der Waals surface area (Å²) < 4.78 is 0. The minimum absolute atomic E-state index is 0.618. The van der Waals surface area contributed by atoms with Gasteiger partial charge in [0, 0.05) is 12.2 Å². The second-order valence-electron chi connectivity index (χ2n) is 4.46.